The lowest BCUT2D eigenvalue weighted by atomic mass is 10.0. The molecule has 2 saturated heterocycles. The van der Waals surface area contributed by atoms with Crippen LogP contribution in [0.15, 0.2) is 67.3 Å². The monoisotopic (exact) mass is 943 g/mol. The number of carboxylic acids is 1. The molecule has 22 heteroatoms. The van der Waals surface area contributed by atoms with Crippen LogP contribution in [0.25, 0.3) is 10.9 Å². The minimum Gasteiger partial charge on any atom is -0.508 e. The van der Waals surface area contributed by atoms with E-state index in [0.717, 1.165) is 10.9 Å². The van der Waals surface area contributed by atoms with Crippen LogP contribution in [-0.2, 0) is 57.6 Å². The van der Waals surface area contributed by atoms with Crippen LogP contribution in [0.2, 0.25) is 0 Å². The number of nitrogens with two attached hydrogens (primary N) is 1. The van der Waals surface area contributed by atoms with Crippen LogP contribution in [0.4, 0.5) is 0 Å². The maximum atomic E-state index is 14.3. The number of likely N-dealkylation sites (tertiary alicyclic amines) is 2. The standard InChI is InChI=1S/C45H57N11O10S/c1-67-17-14-33(53-42(62)36-8-4-15-55(36)39(59)24-50-40(60)31(46)20-28-22-47-25-51-28)41(61)49-23-38(58)52-34(18-26-10-12-29(57)13-11-26)44(64)56-16-5-9-37(56)43(63)54-35(45(65)66)19-27-21-48-32-7-3-2-6-30(27)32/h2-3,6-7,10-13,21-22,25,31,33-37,48,57H,4-5,8-9,14-20,23-24,46H2,1H3,(H,47,51)(H,49,61)(H,50,60)(H,52,58)(H,53,62)(H,54,63)(H,65,66)/t31-,33-,34-,35-,36-,37-/m0/s1. The van der Waals surface area contributed by atoms with Gasteiger partial charge in [0.05, 0.1) is 31.2 Å². The van der Waals surface area contributed by atoms with Crippen LogP contribution in [0.1, 0.15) is 48.9 Å². The van der Waals surface area contributed by atoms with E-state index in [0.29, 0.717) is 41.8 Å². The predicted octanol–water partition coefficient (Wildman–Crippen LogP) is -0.542. The third kappa shape index (κ3) is 13.3. The normalized spacial score (nSPS) is 17.5. The van der Waals surface area contributed by atoms with E-state index in [1.165, 1.54) is 40.0 Å². The summed E-state index contributed by atoms with van der Waals surface area (Å²) < 4.78 is 0. The number of rotatable bonds is 22. The minimum absolute atomic E-state index is 0.0109. The molecule has 358 valence electrons. The van der Waals surface area contributed by atoms with Gasteiger partial charge in [-0.05, 0) is 73.4 Å². The highest BCUT2D eigenvalue weighted by molar-refractivity contribution is 7.98. The molecule has 4 heterocycles. The average molecular weight is 944 g/mol. The van der Waals surface area contributed by atoms with Gasteiger partial charge in [-0.1, -0.05) is 30.3 Å². The number of amides is 7. The molecule has 2 fully saturated rings. The van der Waals surface area contributed by atoms with Crippen molar-refractivity contribution < 1.29 is 48.6 Å². The average Bonchev–Trinajstić information content (AvgIpc) is 4.17. The Kier molecular flexibility index (Phi) is 17.4. The largest absolute Gasteiger partial charge is 0.508 e. The quantitative estimate of drug-likeness (QED) is 0.0474. The third-order valence-electron chi connectivity index (χ3n) is 11.8. The van der Waals surface area contributed by atoms with Gasteiger partial charge in [0.1, 0.15) is 36.0 Å². The van der Waals surface area contributed by atoms with Crippen molar-refractivity contribution in [1.82, 2.24) is 51.3 Å². The Labute approximate surface area is 390 Å². The number of benzene rings is 2. The number of carboxylic acid groups (broad SMARTS) is 1. The number of aromatic amines is 2. The Hall–Kier alpha value is -6.94. The zero-order valence-corrected chi connectivity index (χ0v) is 37.8. The van der Waals surface area contributed by atoms with E-state index < -0.39 is 90.1 Å². The van der Waals surface area contributed by atoms with Crippen molar-refractivity contribution in [3.05, 3.63) is 84.1 Å². The highest BCUT2D eigenvalue weighted by atomic mass is 32.2. The van der Waals surface area contributed by atoms with E-state index in [1.807, 2.05) is 30.5 Å². The Bertz CT molecular complexity index is 2390. The van der Waals surface area contributed by atoms with Crippen LogP contribution in [0.3, 0.4) is 0 Å². The number of thioether (sulfide) groups is 1. The number of fused-ring (bicyclic) bond motifs is 1. The van der Waals surface area contributed by atoms with Crippen LogP contribution in [-0.4, -0.2) is 157 Å². The number of phenols is 1. The van der Waals surface area contributed by atoms with Crippen molar-refractivity contribution >= 4 is 70.0 Å². The summed E-state index contributed by atoms with van der Waals surface area (Å²) in [6.07, 6.45) is 8.41. The van der Waals surface area contributed by atoms with E-state index in [9.17, 15) is 48.6 Å². The fourth-order valence-corrected chi connectivity index (χ4v) is 8.79. The Morgan fingerprint density at radius 2 is 1.48 bits per heavy atom. The number of H-pyrrole nitrogens is 2. The lowest BCUT2D eigenvalue weighted by Crippen LogP contribution is -2.57. The van der Waals surface area contributed by atoms with Crippen molar-refractivity contribution in [3.63, 3.8) is 0 Å². The van der Waals surface area contributed by atoms with E-state index in [2.05, 4.69) is 41.5 Å². The summed E-state index contributed by atoms with van der Waals surface area (Å²) in [6.45, 7) is -0.554. The van der Waals surface area contributed by atoms with Crippen molar-refractivity contribution in [2.45, 2.75) is 87.6 Å². The molecule has 21 nitrogen and oxygen atoms in total. The fourth-order valence-electron chi connectivity index (χ4n) is 8.32. The SMILES string of the molecule is CSCC[C@H](NC(=O)[C@@H]1CCCN1C(=O)CNC(=O)[C@@H](N)Cc1c[nH]cn1)C(=O)NCC(=O)N[C@@H](Cc1ccc(O)cc1)C(=O)N1CCC[C@H]1C(=O)N[C@@H](Cc1c[nH]c2ccccc12)C(=O)O. The summed E-state index contributed by atoms with van der Waals surface area (Å²) in [6, 6.07) is 6.87. The topological polar surface area (TPSA) is 314 Å². The molecule has 0 bridgehead atoms. The highest BCUT2D eigenvalue weighted by Gasteiger charge is 2.40. The van der Waals surface area contributed by atoms with E-state index >= 15 is 0 Å². The molecule has 4 aromatic rings. The van der Waals surface area contributed by atoms with Crippen molar-refractivity contribution in [1.29, 1.82) is 0 Å². The van der Waals surface area contributed by atoms with Crippen molar-refractivity contribution in [2.75, 3.05) is 38.2 Å². The number of nitrogens with zero attached hydrogens (tertiary/aromatic N) is 3. The van der Waals surface area contributed by atoms with Gasteiger partial charge >= 0.3 is 5.97 Å². The maximum absolute atomic E-state index is 14.3. The molecule has 6 rings (SSSR count). The molecule has 2 aliphatic rings. The first-order valence-electron chi connectivity index (χ1n) is 22.1. The molecular weight excluding hydrogens is 887 g/mol. The van der Waals surface area contributed by atoms with E-state index in [-0.39, 0.29) is 57.5 Å². The van der Waals surface area contributed by atoms with Crippen LogP contribution >= 0.6 is 11.8 Å². The second-order valence-corrected chi connectivity index (χ2v) is 17.5. The summed E-state index contributed by atoms with van der Waals surface area (Å²) >= 11 is 1.43. The second kappa shape index (κ2) is 23.5. The summed E-state index contributed by atoms with van der Waals surface area (Å²) in [5.41, 5.74) is 8.64. The van der Waals surface area contributed by atoms with Gasteiger partial charge < -0.3 is 62.3 Å². The molecule has 0 radical (unpaired) electrons. The number of carbonyl (C=O) groups excluding carboxylic acids is 7. The van der Waals surface area contributed by atoms with Gasteiger partial charge in [-0.15, -0.1) is 0 Å². The molecule has 2 aliphatic heterocycles. The number of hydrogen-bond donors (Lipinski definition) is 10. The maximum Gasteiger partial charge on any atom is 0.326 e. The number of nitrogens with one attached hydrogen (secondary N) is 7. The molecule has 67 heavy (non-hydrogen) atoms. The molecule has 6 atom stereocenters. The molecule has 0 spiro atoms. The zero-order chi connectivity index (χ0) is 48.0. The number of phenolic OH excluding ortho intramolecular Hbond substituents is 1. The first-order valence-corrected chi connectivity index (χ1v) is 23.4. The van der Waals surface area contributed by atoms with Gasteiger partial charge in [0, 0.05) is 55.6 Å². The number of carbonyl (C=O) groups is 8. The first-order chi connectivity index (χ1) is 32.2. The summed E-state index contributed by atoms with van der Waals surface area (Å²) in [5, 5.41) is 33.9. The molecule has 0 unspecified atom stereocenters. The minimum atomic E-state index is -1.30. The molecule has 2 aromatic heterocycles. The Balaban J connectivity index is 1.06. The van der Waals surface area contributed by atoms with E-state index in [1.54, 1.807) is 24.5 Å². The number of aliphatic carboxylic acids is 1. The summed E-state index contributed by atoms with van der Waals surface area (Å²) in [5.74, 6) is -5.11. The predicted molar refractivity (Wildman–Crippen MR) is 246 cm³/mol. The lowest BCUT2D eigenvalue weighted by molar-refractivity contribution is -0.144. The molecule has 2 aromatic carbocycles. The first kappa shape index (κ1) is 49.5. The Morgan fingerprint density at radius 1 is 0.806 bits per heavy atom. The van der Waals surface area contributed by atoms with E-state index in [4.69, 9.17) is 5.73 Å². The van der Waals surface area contributed by atoms with Gasteiger partial charge in [0.25, 0.3) is 0 Å². The summed E-state index contributed by atoms with van der Waals surface area (Å²) in [7, 11) is 0. The van der Waals surface area contributed by atoms with Gasteiger partial charge in [0.15, 0.2) is 0 Å². The zero-order valence-electron chi connectivity index (χ0n) is 37.0. The second-order valence-electron chi connectivity index (χ2n) is 16.5. The number of para-hydroxylation sites is 1. The third-order valence-corrected chi connectivity index (χ3v) is 12.5. The van der Waals surface area contributed by atoms with Gasteiger partial charge in [0.2, 0.25) is 41.4 Å². The number of aromatic nitrogens is 3. The van der Waals surface area contributed by atoms with Gasteiger partial charge in [-0.25, -0.2) is 9.78 Å². The smallest absolute Gasteiger partial charge is 0.326 e. The van der Waals surface area contributed by atoms with Gasteiger partial charge in [-0.2, -0.15) is 11.8 Å². The lowest BCUT2D eigenvalue weighted by Gasteiger charge is -2.30. The molecule has 0 saturated carbocycles. The number of imidazole rings is 1. The fraction of sp³-hybridized carbons (Fsp3) is 0.444. The molecule has 0 aliphatic carbocycles. The van der Waals surface area contributed by atoms with Crippen LogP contribution in [0, 0.1) is 0 Å². The van der Waals surface area contributed by atoms with Crippen LogP contribution < -0.4 is 32.3 Å². The highest BCUT2D eigenvalue weighted by Crippen LogP contribution is 2.23. The molecule has 11 N–H and O–H groups in total. The molecule has 7 amide bonds. The number of hydrogen-bond acceptors (Lipinski definition) is 12. The number of aromatic hydroxyl groups is 1. The Morgan fingerprint density at radius 3 is 2.16 bits per heavy atom. The van der Waals surface area contributed by atoms with Gasteiger partial charge in [-0.3, -0.25) is 33.6 Å². The molecular formula is C45H57N11O10S. The van der Waals surface area contributed by atoms with Crippen molar-refractivity contribution in [3.8, 4) is 5.75 Å². The van der Waals surface area contributed by atoms with Crippen LogP contribution in [0.5, 0.6) is 5.75 Å². The summed E-state index contributed by atoms with van der Waals surface area (Å²) in [4.78, 5) is 120. The van der Waals surface area contributed by atoms with Crippen molar-refractivity contribution in [2.24, 2.45) is 5.73 Å².